The maximum Gasteiger partial charge on any atom is 0.341 e. The summed E-state index contributed by atoms with van der Waals surface area (Å²) in [5.74, 6) is -1.55. The highest BCUT2D eigenvalue weighted by atomic mass is 35.5. The first-order valence-corrected chi connectivity index (χ1v) is 18.4. The largest absolute Gasteiger partial charge is 0.462 e. The topological polar surface area (TPSA) is 114 Å². The van der Waals surface area contributed by atoms with E-state index in [1.165, 1.54) is 23.1 Å². The third-order valence-electron chi connectivity index (χ3n) is 7.88. The maximum atomic E-state index is 13.6. The fraction of sp³-hybridized carbons (Fsp3) is 0.263. The van der Waals surface area contributed by atoms with E-state index in [9.17, 15) is 19.2 Å². The summed E-state index contributed by atoms with van der Waals surface area (Å²) < 4.78 is 5.39. The minimum atomic E-state index is -0.518. The minimum Gasteiger partial charge on any atom is -0.462 e. The average molecular weight is 716 g/mol. The Balaban J connectivity index is 1.31. The van der Waals surface area contributed by atoms with Crippen molar-refractivity contribution in [2.45, 2.75) is 62.5 Å². The van der Waals surface area contributed by atoms with Gasteiger partial charge in [0.05, 0.1) is 17.4 Å². The summed E-state index contributed by atoms with van der Waals surface area (Å²) in [6, 6.07) is 22.7. The number of amides is 3. The van der Waals surface area contributed by atoms with Crippen LogP contribution in [0.5, 0.6) is 0 Å². The van der Waals surface area contributed by atoms with Gasteiger partial charge in [0.1, 0.15) is 10.7 Å². The van der Waals surface area contributed by atoms with Crippen LogP contribution < -0.4 is 16.0 Å². The van der Waals surface area contributed by atoms with Crippen molar-refractivity contribution in [1.29, 1.82) is 0 Å². The Bertz CT molecular complexity index is 1840. The molecule has 1 aliphatic carbocycles. The van der Waals surface area contributed by atoms with Crippen LogP contribution in [0.4, 0.5) is 10.7 Å². The Labute approximate surface area is 299 Å². The molecular weight excluding hydrogens is 678 g/mol. The molecule has 0 bridgehead atoms. The lowest BCUT2D eigenvalue weighted by atomic mass is 10.1. The van der Waals surface area contributed by atoms with Gasteiger partial charge < -0.3 is 20.7 Å². The highest BCUT2D eigenvalue weighted by Gasteiger charge is 2.28. The van der Waals surface area contributed by atoms with Crippen molar-refractivity contribution in [2.24, 2.45) is 0 Å². The molecular formula is C38H38ClN3O5S2. The molecule has 0 radical (unpaired) electrons. The molecule has 11 heteroatoms. The number of hydrogen-bond acceptors (Lipinski definition) is 7. The quantitative estimate of drug-likeness (QED) is 0.0585. The summed E-state index contributed by atoms with van der Waals surface area (Å²) in [6.07, 6.45) is 6.97. The number of thioether (sulfide) groups is 1. The molecule has 1 atom stereocenters. The van der Waals surface area contributed by atoms with Gasteiger partial charge in [-0.15, -0.1) is 23.1 Å². The first kappa shape index (κ1) is 35.9. The molecule has 3 aromatic carbocycles. The van der Waals surface area contributed by atoms with E-state index in [0.717, 1.165) is 47.4 Å². The first-order chi connectivity index (χ1) is 23.7. The number of thiophene rings is 1. The lowest BCUT2D eigenvalue weighted by molar-refractivity contribution is -0.116. The van der Waals surface area contributed by atoms with Gasteiger partial charge in [0, 0.05) is 26.0 Å². The van der Waals surface area contributed by atoms with Crippen LogP contribution in [-0.4, -0.2) is 35.5 Å². The van der Waals surface area contributed by atoms with E-state index in [1.807, 2.05) is 19.1 Å². The second kappa shape index (κ2) is 17.3. The first-order valence-electron chi connectivity index (χ1n) is 16.3. The van der Waals surface area contributed by atoms with Crippen LogP contribution in [0, 0.1) is 0 Å². The monoisotopic (exact) mass is 715 g/mol. The lowest BCUT2D eigenvalue weighted by Gasteiger charge is -2.16. The molecule has 8 nitrogen and oxygen atoms in total. The van der Waals surface area contributed by atoms with Crippen molar-refractivity contribution in [3.63, 3.8) is 0 Å². The van der Waals surface area contributed by atoms with Crippen molar-refractivity contribution in [1.82, 2.24) is 5.32 Å². The smallest absolute Gasteiger partial charge is 0.341 e. The fourth-order valence-corrected chi connectivity index (χ4v) is 7.86. The van der Waals surface area contributed by atoms with Crippen LogP contribution in [-0.2, 0) is 27.2 Å². The highest BCUT2D eigenvalue weighted by Crippen LogP contribution is 2.39. The normalized spacial score (nSPS) is 13.4. The van der Waals surface area contributed by atoms with Gasteiger partial charge in [-0.25, -0.2) is 4.79 Å². The Kier molecular flexibility index (Phi) is 12.7. The summed E-state index contributed by atoms with van der Waals surface area (Å²) in [6.45, 7) is 3.97. The highest BCUT2D eigenvalue weighted by molar-refractivity contribution is 8.00. The third kappa shape index (κ3) is 9.62. The van der Waals surface area contributed by atoms with Crippen LogP contribution in [0.15, 0.2) is 89.5 Å². The molecule has 49 heavy (non-hydrogen) atoms. The van der Waals surface area contributed by atoms with Crippen LogP contribution in [0.25, 0.3) is 6.08 Å². The van der Waals surface area contributed by atoms with E-state index in [0.29, 0.717) is 38.8 Å². The number of esters is 1. The second-order valence-electron chi connectivity index (χ2n) is 11.4. The van der Waals surface area contributed by atoms with Crippen molar-refractivity contribution in [3.05, 3.63) is 117 Å². The van der Waals surface area contributed by atoms with Crippen molar-refractivity contribution in [3.8, 4) is 0 Å². The molecule has 5 rings (SSSR count). The van der Waals surface area contributed by atoms with E-state index in [1.54, 1.807) is 79.7 Å². The molecule has 0 saturated heterocycles. The van der Waals surface area contributed by atoms with Crippen LogP contribution in [0.3, 0.4) is 0 Å². The van der Waals surface area contributed by atoms with Crippen LogP contribution in [0.1, 0.15) is 76.3 Å². The van der Waals surface area contributed by atoms with E-state index < -0.39 is 23.0 Å². The van der Waals surface area contributed by atoms with Gasteiger partial charge in [0.15, 0.2) is 0 Å². The average Bonchev–Trinajstić information content (AvgIpc) is 3.27. The van der Waals surface area contributed by atoms with E-state index >= 15 is 0 Å². The second-order valence-corrected chi connectivity index (χ2v) is 14.2. The predicted molar refractivity (Wildman–Crippen MR) is 199 cm³/mol. The molecule has 1 heterocycles. The SMILES string of the molecule is CCOC(=O)c1c(NC(=O)C(CC)Sc2cccc(NC(=O)/C(=C\c3ccc(Cl)cc3)NC(=O)c3ccccc3)c2)sc2c1CCCCC2. The number of carbonyl (C=O) groups is 4. The Morgan fingerprint density at radius 2 is 1.67 bits per heavy atom. The number of ether oxygens (including phenoxy) is 1. The Morgan fingerprint density at radius 3 is 2.41 bits per heavy atom. The fourth-order valence-electron chi connectivity index (χ4n) is 5.44. The lowest BCUT2D eigenvalue weighted by Crippen LogP contribution is -2.30. The number of fused-ring (bicyclic) bond motifs is 1. The van der Waals surface area contributed by atoms with Gasteiger partial charge in [0.25, 0.3) is 11.8 Å². The molecule has 0 spiro atoms. The molecule has 3 N–H and O–H groups in total. The van der Waals surface area contributed by atoms with Gasteiger partial charge >= 0.3 is 5.97 Å². The van der Waals surface area contributed by atoms with Gasteiger partial charge in [-0.05, 0) is 98.7 Å². The molecule has 254 valence electrons. The molecule has 0 aliphatic heterocycles. The molecule has 1 unspecified atom stereocenters. The van der Waals surface area contributed by atoms with Gasteiger partial charge in [-0.1, -0.05) is 61.3 Å². The summed E-state index contributed by atoms with van der Waals surface area (Å²) in [7, 11) is 0. The summed E-state index contributed by atoms with van der Waals surface area (Å²) >= 11 is 8.89. The zero-order valence-electron chi connectivity index (χ0n) is 27.3. The number of carbonyl (C=O) groups excluding carboxylic acids is 4. The number of halogens is 1. The van der Waals surface area contributed by atoms with Gasteiger partial charge in [0.2, 0.25) is 5.91 Å². The van der Waals surface area contributed by atoms with Crippen molar-refractivity contribution in [2.75, 3.05) is 17.2 Å². The summed E-state index contributed by atoms with van der Waals surface area (Å²) in [5.41, 5.74) is 3.12. The molecule has 0 fully saturated rings. The Morgan fingerprint density at radius 1 is 0.918 bits per heavy atom. The van der Waals surface area contributed by atoms with Gasteiger partial charge in [-0.3, -0.25) is 14.4 Å². The Hall–Kier alpha value is -4.38. The zero-order chi connectivity index (χ0) is 34.8. The maximum absolute atomic E-state index is 13.6. The van der Waals surface area contributed by atoms with Gasteiger partial charge in [-0.2, -0.15) is 0 Å². The molecule has 0 saturated carbocycles. The van der Waals surface area contributed by atoms with Crippen LogP contribution >= 0.6 is 34.7 Å². The summed E-state index contributed by atoms with van der Waals surface area (Å²) in [4.78, 5) is 55.1. The zero-order valence-corrected chi connectivity index (χ0v) is 29.7. The minimum absolute atomic E-state index is 0.0480. The number of benzene rings is 3. The number of rotatable bonds is 12. The molecule has 1 aromatic heterocycles. The number of anilines is 2. The molecule has 1 aliphatic rings. The third-order valence-corrected chi connectivity index (χ3v) is 10.7. The van der Waals surface area contributed by atoms with Crippen molar-refractivity contribution >= 4 is 75.2 Å². The molecule has 4 aromatic rings. The number of aryl methyl sites for hydroxylation is 1. The predicted octanol–water partition coefficient (Wildman–Crippen LogP) is 8.77. The number of hydrogen-bond donors (Lipinski definition) is 3. The van der Waals surface area contributed by atoms with Crippen molar-refractivity contribution < 1.29 is 23.9 Å². The van der Waals surface area contributed by atoms with E-state index in [4.69, 9.17) is 16.3 Å². The van der Waals surface area contributed by atoms with E-state index in [-0.39, 0.29) is 18.2 Å². The molecule has 3 amide bonds. The van der Waals surface area contributed by atoms with Crippen LogP contribution in [0.2, 0.25) is 5.02 Å². The number of nitrogens with one attached hydrogen (secondary N) is 3. The summed E-state index contributed by atoms with van der Waals surface area (Å²) in [5, 5.41) is 9.31. The van der Waals surface area contributed by atoms with E-state index in [2.05, 4.69) is 16.0 Å². The standard InChI is InChI=1S/C38H38ClN3O5S2/c1-3-31(36(45)42-37-33(38(46)47-4-2)29-16-9-6-10-17-32(29)49-37)48-28-15-11-14-27(23-28)40-35(44)30(22-24-18-20-26(39)21-19-24)41-34(43)25-12-7-5-8-13-25/h5,7-8,11-15,18-23,31H,3-4,6,9-10,16-17H2,1-2H3,(H,40,44)(H,41,43)(H,42,45)/b30-22+.